The van der Waals surface area contributed by atoms with Crippen LogP contribution in [0.15, 0.2) is 27.6 Å². The third-order valence-electron chi connectivity index (χ3n) is 1.58. The van der Waals surface area contributed by atoms with Crippen molar-refractivity contribution in [1.29, 1.82) is 0 Å². The van der Waals surface area contributed by atoms with Crippen LogP contribution < -0.4 is 5.32 Å². The van der Waals surface area contributed by atoms with Crippen LogP contribution in [0.5, 0.6) is 0 Å². The van der Waals surface area contributed by atoms with Gasteiger partial charge in [0.25, 0.3) is 0 Å². The number of nitrogens with one attached hydrogen (secondary N) is 1. The molecule has 1 aromatic rings. The highest BCUT2D eigenvalue weighted by Gasteiger charge is 2.08. The Morgan fingerprint density at radius 1 is 1.43 bits per heavy atom. The zero-order valence-electron chi connectivity index (χ0n) is 7.32. The van der Waals surface area contributed by atoms with Crippen LogP contribution in [0.4, 0.5) is 5.69 Å². The number of sulfone groups is 1. The van der Waals surface area contributed by atoms with Gasteiger partial charge in [-0.3, -0.25) is 4.79 Å². The van der Waals surface area contributed by atoms with Crippen LogP contribution in [-0.4, -0.2) is 21.1 Å². The topological polar surface area (TPSA) is 63.2 Å². The molecule has 0 spiro atoms. The molecule has 0 heterocycles. The molecule has 0 aromatic heterocycles. The van der Waals surface area contributed by atoms with Crippen molar-refractivity contribution in [3.63, 3.8) is 0 Å². The highest BCUT2D eigenvalue weighted by atomic mass is 79.9. The maximum absolute atomic E-state index is 11.1. The largest absolute Gasteiger partial charge is 0.328 e. The molecule has 0 saturated heterocycles. The van der Waals surface area contributed by atoms with Crippen LogP contribution in [0.1, 0.15) is 0 Å². The van der Waals surface area contributed by atoms with E-state index in [4.69, 9.17) is 0 Å². The molecule has 0 aliphatic rings. The average Bonchev–Trinajstić information content (AvgIpc) is 2.07. The van der Waals surface area contributed by atoms with Crippen molar-refractivity contribution in [1.82, 2.24) is 0 Å². The van der Waals surface area contributed by atoms with Gasteiger partial charge >= 0.3 is 0 Å². The van der Waals surface area contributed by atoms with E-state index in [1.165, 1.54) is 18.2 Å². The lowest BCUT2D eigenvalue weighted by atomic mass is 10.3. The monoisotopic (exact) mass is 277 g/mol. The van der Waals surface area contributed by atoms with Gasteiger partial charge in [0.15, 0.2) is 9.84 Å². The number of anilines is 1. The summed E-state index contributed by atoms with van der Waals surface area (Å²) in [5, 5.41) is 2.43. The Bertz CT molecular complexity index is 456. The molecule has 4 nitrogen and oxygen atoms in total. The van der Waals surface area contributed by atoms with Crippen LogP contribution in [0.25, 0.3) is 0 Å². The molecule has 1 N–H and O–H groups in total. The molecule has 1 amide bonds. The Balaban J connectivity index is 3.19. The van der Waals surface area contributed by atoms with Gasteiger partial charge in [-0.05, 0) is 34.1 Å². The van der Waals surface area contributed by atoms with Crippen molar-refractivity contribution in [2.24, 2.45) is 0 Å². The van der Waals surface area contributed by atoms with Gasteiger partial charge in [0.2, 0.25) is 6.41 Å². The number of amides is 1. The van der Waals surface area contributed by atoms with Crippen LogP contribution in [-0.2, 0) is 14.6 Å². The summed E-state index contributed by atoms with van der Waals surface area (Å²) < 4.78 is 22.8. The second-order valence-corrected chi connectivity index (χ2v) is 5.55. The number of carbonyl (C=O) groups is 1. The molecule has 0 aliphatic carbocycles. The number of hydrogen-bond donors (Lipinski definition) is 1. The van der Waals surface area contributed by atoms with Crippen LogP contribution >= 0.6 is 15.9 Å². The summed E-state index contributed by atoms with van der Waals surface area (Å²) in [4.78, 5) is 10.4. The van der Waals surface area contributed by atoms with Gasteiger partial charge in [0, 0.05) is 10.7 Å². The summed E-state index contributed by atoms with van der Waals surface area (Å²) in [7, 11) is -3.20. The molecule has 0 radical (unpaired) electrons. The first-order valence-corrected chi connectivity index (χ1v) is 6.33. The van der Waals surface area contributed by atoms with Crippen LogP contribution in [0.2, 0.25) is 0 Å². The number of hydrogen-bond acceptors (Lipinski definition) is 3. The fourth-order valence-electron chi connectivity index (χ4n) is 0.907. The highest BCUT2D eigenvalue weighted by Crippen LogP contribution is 2.25. The zero-order valence-corrected chi connectivity index (χ0v) is 9.72. The standard InChI is InChI=1S/C8H8BrNO3S/c1-14(12,13)6-2-3-8(10-5-11)7(9)4-6/h2-5H,1H3,(H,10,11). The van der Waals surface area contributed by atoms with Gasteiger partial charge in [-0.1, -0.05) is 0 Å². The summed E-state index contributed by atoms with van der Waals surface area (Å²) >= 11 is 3.15. The van der Waals surface area contributed by atoms with E-state index in [0.29, 0.717) is 16.6 Å². The lowest BCUT2D eigenvalue weighted by Gasteiger charge is -2.04. The quantitative estimate of drug-likeness (QED) is 0.850. The van der Waals surface area contributed by atoms with E-state index in [-0.39, 0.29) is 4.90 Å². The van der Waals surface area contributed by atoms with Crippen molar-refractivity contribution in [2.45, 2.75) is 4.90 Å². The van der Waals surface area contributed by atoms with Crippen molar-refractivity contribution in [3.8, 4) is 0 Å². The predicted molar refractivity (Wildman–Crippen MR) is 56.9 cm³/mol. The number of carbonyl (C=O) groups excluding carboxylic acids is 1. The van der Waals surface area contributed by atoms with Crippen LogP contribution in [0.3, 0.4) is 0 Å². The van der Waals surface area contributed by atoms with Crippen molar-refractivity contribution < 1.29 is 13.2 Å². The lowest BCUT2D eigenvalue weighted by molar-refractivity contribution is -0.105. The molecule has 0 fully saturated rings. The summed E-state index contributed by atoms with van der Waals surface area (Å²) in [5.41, 5.74) is 0.535. The molecule has 0 atom stereocenters. The molecule has 0 saturated carbocycles. The molecule has 0 unspecified atom stereocenters. The summed E-state index contributed by atoms with van der Waals surface area (Å²) in [5.74, 6) is 0. The molecule has 14 heavy (non-hydrogen) atoms. The van der Waals surface area contributed by atoms with E-state index in [0.717, 1.165) is 6.26 Å². The molecule has 1 rings (SSSR count). The summed E-state index contributed by atoms with van der Waals surface area (Å²) in [6.45, 7) is 0. The van der Waals surface area contributed by atoms with Crippen LogP contribution in [0, 0.1) is 0 Å². The van der Waals surface area contributed by atoms with Crippen molar-refractivity contribution in [2.75, 3.05) is 11.6 Å². The highest BCUT2D eigenvalue weighted by molar-refractivity contribution is 9.10. The second kappa shape index (κ2) is 4.10. The Morgan fingerprint density at radius 2 is 2.07 bits per heavy atom. The summed E-state index contributed by atoms with van der Waals surface area (Å²) in [6.07, 6.45) is 1.65. The van der Waals surface area contributed by atoms with Gasteiger partial charge < -0.3 is 5.32 Å². The van der Waals surface area contributed by atoms with E-state index in [1.807, 2.05) is 0 Å². The molecular formula is C8H8BrNO3S. The van der Waals surface area contributed by atoms with Gasteiger partial charge in [-0.15, -0.1) is 0 Å². The van der Waals surface area contributed by atoms with E-state index in [2.05, 4.69) is 21.2 Å². The minimum Gasteiger partial charge on any atom is -0.328 e. The Kier molecular flexibility index (Phi) is 3.28. The number of rotatable bonds is 3. The van der Waals surface area contributed by atoms with E-state index >= 15 is 0 Å². The fraction of sp³-hybridized carbons (Fsp3) is 0.125. The maximum Gasteiger partial charge on any atom is 0.211 e. The summed E-state index contributed by atoms with van der Waals surface area (Å²) in [6, 6.07) is 4.40. The van der Waals surface area contributed by atoms with E-state index < -0.39 is 9.84 Å². The average molecular weight is 278 g/mol. The van der Waals surface area contributed by atoms with Crippen molar-refractivity contribution in [3.05, 3.63) is 22.7 Å². The van der Waals surface area contributed by atoms with Gasteiger partial charge in [-0.25, -0.2) is 8.42 Å². The SMILES string of the molecule is CS(=O)(=O)c1ccc(NC=O)c(Br)c1. The van der Waals surface area contributed by atoms with Gasteiger partial charge in [-0.2, -0.15) is 0 Å². The number of benzene rings is 1. The van der Waals surface area contributed by atoms with E-state index in [1.54, 1.807) is 0 Å². The first-order valence-electron chi connectivity index (χ1n) is 3.65. The predicted octanol–water partition coefficient (Wildman–Crippen LogP) is 1.42. The molecule has 76 valence electrons. The normalized spacial score (nSPS) is 11.0. The van der Waals surface area contributed by atoms with Crippen molar-refractivity contribution >= 4 is 37.9 Å². The minimum absolute atomic E-state index is 0.209. The first kappa shape index (κ1) is 11.2. The molecular weight excluding hydrogens is 270 g/mol. The van der Waals surface area contributed by atoms with Gasteiger partial charge in [0.05, 0.1) is 10.6 Å². The Hall–Kier alpha value is -0.880. The number of halogens is 1. The first-order chi connectivity index (χ1) is 6.45. The third-order valence-corrected chi connectivity index (χ3v) is 3.35. The smallest absolute Gasteiger partial charge is 0.211 e. The maximum atomic E-state index is 11.1. The molecule has 0 aliphatic heterocycles. The Morgan fingerprint density at radius 3 is 2.50 bits per heavy atom. The Labute approximate surface area is 90.4 Å². The third kappa shape index (κ3) is 2.55. The van der Waals surface area contributed by atoms with Gasteiger partial charge in [0.1, 0.15) is 0 Å². The van der Waals surface area contributed by atoms with E-state index in [9.17, 15) is 13.2 Å². The zero-order chi connectivity index (χ0) is 10.8. The molecule has 0 bridgehead atoms. The molecule has 1 aromatic carbocycles. The second-order valence-electron chi connectivity index (χ2n) is 2.68. The molecule has 6 heteroatoms. The lowest BCUT2D eigenvalue weighted by Crippen LogP contribution is -1.99. The fourth-order valence-corrected chi connectivity index (χ4v) is 2.20. The minimum atomic E-state index is -3.20.